The zero-order valence-electron chi connectivity index (χ0n) is 14.3. The van der Waals surface area contributed by atoms with Crippen molar-refractivity contribution in [2.24, 2.45) is 0 Å². The number of hydrogen-bond acceptors (Lipinski definition) is 3. The fraction of sp³-hybridized carbons (Fsp3) is 0.278. The van der Waals surface area contributed by atoms with Crippen molar-refractivity contribution in [3.63, 3.8) is 0 Å². The maximum Gasteiger partial charge on any atom is 0.516 e. The third-order valence-corrected chi connectivity index (χ3v) is 5.50. The second-order valence-corrected chi connectivity index (χ2v) is 8.07. The monoisotopic (exact) mass is 398 g/mol. The lowest BCUT2D eigenvalue weighted by Gasteiger charge is -2.15. The number of nitrogens with one attached hydrogen (secondary N) is 2. The van der Waals surface area contributed by atoms with E-state index in [1.807, 2.05) is 19.1 Å². The number of hydrogen-bond donors (Lipinski definition) is 2. The summed E-state index contributed by atoms with van der Waals surface area (Å²) in [6.07, 6.45) is 1.63. The molecule has 0 radical (unpaired) electrons. The maximum absolute atomic E-state index is 12.4. The highest BCUT2D eigenvalue weighted by molar-refractivity contribution is 7.93. The number of alkyl halides is 3. The molecular formula is C18H17F3N2O3S. The first-order valence-corrected chi connectivity index (χ1v) is 9.64. The van der Waals surface area contributed by atoms with E-state index in [0.717, 1.165) is 36.1 Å². The summed E-state index contributed by atoms with van der Waals surface area (Å²) in [7, 11) is -5.49. The minimum absolute atomic E-state index is 0.128. The van der Waals surface area contributed by atoms with Gasteiger partial charge in [0.25, 0.3) is 5.91 Å². The van der Waals surface area contributed by atoms with Crippen LogP contribution in [0.25, 0.3) is 0 Å². The van der Waals surface area contributed by atoms with Gasteiger partial charge in [-0.25, -0.2) is 0 Å². The van der Waals surface area contributed by atoms with Crippen LogP contribution in [0.4, 0.5) is 18.9 Å². The molecule has 1 atom stereocenters. The van der Waals surface area contributed by atoms with Gasteiger partial charge in [0.2, 0.25) is 0 Å². The van der Waals surface area contributed by atoms with Gasteiger partial charge in [-0.3, -0.25) is 9.52 Å². The quantitative estimate of drug-likeness (QED) is 0.825. The number of carbonyl (C=O) groups excluding carboxylic acids is 1. The Morgan fingerprint density at radius 2 is 1.78 bits per heavy atom. The SMILES string of the molecule is Cc1ccc2c(c1)CC[C@@H]2NC(=O)c1ccc(NS(=O)(=O)C(F)(F)F)cc1. The molecule has 1 aliphatic rings. The Hall–Kier alpha value is -2.55. The van der Waals surface area contributed by atoms with Crippen molar-refractivity contribution < 1.29 is 26.4 Å². The highest BCUT2D eigenvalue weighted by Crippen LogP contribution is 2.32. The number of anilines is 1. The smallest absolute Gasteiger partial charge is 0.345 e. The lowest BCUT2D eigenvalue weighted by atomic mass is 10.1. The van der Waals surface area contributed by atoms with E-state index in [1.165, 1.54) is 22.4 Å². The third kappa shape index (κ3) is 4.08. The molecule has 2 aromatic carbocycles. The first-order valence-electron chi connectivity index (χ1n) is 8.16. The molecule has 5 nitrogen and oxygen atoms in total. The van der Waals surface area contributed by atoms with Crippen molar-refractivity contribution in [2.45, 2.75) is 31.3 Å². The fourth-order valence-corrected chi connectivity index (χ4v) is 3.60. The number of fused-ring (bicyclic) bond motifs is 1. The van der Waals surface area contributed by atoms with Crippen LogP contribution in [0.5, 0.6) is 0 Å². The van der Waals surface area contributed by atoms with Gasteiger partial charge in [0, 0.05) is 11.3 Å². The van der Waals surface area contributed by atoms with E-state index in [4.69, 9.17) is 0 Å². The van der Waals surface area contributed by atoms with Crippen molar-refractivity contribution in [1.29, 1.82) is 0 Å². The van der Waals surface area contributed by atoms with Crippen molar-refractivity contribution in [3.05, 3.63) is 64.7 Å². The number of sulfonamides is 1. The van der Waals surface area contributed by atoms with E-state index < -0.39 is 15.5 Å². The zero-order valence-corrected chi connectivity index (χ0v) is 15.1. The molecule has 144 valence electrons. The summed E-state index contributed by atoms with van der Waals surface area (Å²) in [4.78, 5) is 12.4. The highest BCUT2D eigenvalue weighted by atomic mass is 32.2. The van der Waals surface area contributed by atoms with Crippen LogP contribution in [-0.2, 0) is 16.4 Å². The largest absolute Gasteiger partial charge is 0.516 e. The Kier molecular flexibility index (Phi) is 4.90. The van der Waals surface area contributed by atoms with Crippen molar-refractivity contribution in [2.75, 3.05) is 4.72 Å². The van der Waals surface area contributed by atoms with Gasteiger partial charge in [0.1, 0.15) is 0 Å². The van der Waals surface area contributed by atoms with Crippen LogP contribution in [0.2, 0.25) is 0 Å². The van der Waals surface area contributed by atoms with Crippen LogP contribution in [0, 0.1) is 6.92 Å². The molecule has 0 bridgehead atoms. The molecule has 0 aromatic heterocycles. The summed E-state index contributed by atoms with van der Waals surface area (Å²) in [6, 6.07) is 10.7. The molecule has 0 saturated carbocycles. The number of aryl methyl sites for hydroxylation is 2. The second kappa shape index (κ2) is 6.88. The van der Waals surface area contributed by atoms with Crippen molar-refractivity contribution in [3.8, 4) is 0 Å². The van der Waals surface area contributed by atoms with Gasteiger partial charge in [-0.05, 0) is 55.2 Å². The van der Waals surface area contributed by atoms with E-state index in [-0.39, 0.29) is 23.2 Å². The molecule has 3 rings (SSSR count). The van der Waals surface area contributed by atoms with Gasteiger partial charge in [0.05, 0.1) is 6.04 Å². The molecule has 9 heteroatoms. The molecule has 2 N–H and O–H groups in total. The minimum atomic E-state index is -5.49. The molecule has 1 aliphatic carbocycles. The fourth-order valence-electron chi connectivity index (χ4n) is 3.04. The Balaban J connectivity index is 1.69. The molecule has 0 spiro atoms. The van der Waals surface area contributed by atoms with Gasteiger partial charge >= 0.3 is 15.5 Å². The highest BCUT2D eigenvalue weighted by Gasteiger charge is 2.46. The van der Waals surface area contributed by atoms with Crippen LogP contribution in [0.15, 0.2) is 42.5 Å². The molecule has 1 amide bonds. The van der Waals surface area contributed by atoms with Crippen molar-refractivity contribution >= 4 is 21.6 Å². The van der Waals surface area contributed by atoms with Gasteiger partial charge in [-0.1, -0.05) is 23.8 Å². The van der Waals surface area contributed by atoms with Crippen LogP contribution in [0.3, 0.4) is 0 Å². The normalized spacial score (nSPS) is 16.7. The summed E-state index contributed by atoms with van der Waals surface area (Å²) in [5, 5.41) is 2.91. The summed E-state index contributed by atoms with van der Waals surface area (Å²) < 4.78 is 60.8. The van der Waals surface area contributed by atoms with Crippen LogP contribution in [0.1, 0.15) is 39.5 Å². The molecule has 2 aromatic rings. The lowest BCUT2D eigenvalue weighted by Crippen LogP contribution is -2.30. The van der Waals surface area contributed by atoms with Crippen LogP contribution in [-0.4, -0.2) is 19.8 Å². The predicted octanol–water partition coefficient (Wildman–Crippen LogP) is 3.67. The Morgan fingerprint density at radius 3 is 2.41 bits per heavy atom. The molecule has 0 aliphatic heterocycles. The number of benzene rings is 2. The molecule has 0 heterocycles. The second-order valence-electron chi connectivity index (χ2n) is 6.40. The zero-order chi connectivity index (χ0) is 19.8. The van der Waals surface area contributed by atoms with Gasteiger partial charge in [-0.15, -0.1) is 0 Å². The standard InChI is InChI=1S/C18H17F3N2O3S/c1-11-2-8-15-13(10-11)5-9-16(15)22-17(24)12-3-6-14(7-4-12)23-27(25,26)18(19,20)21/h2-4,6-8,10,16,23H,5,9H2,1H3,(H,22,24)/t16-/m0/s1. The number of halogens is 3. The van der Waals surface area contributed by atoms with Crippen LogP contribution >= 0.6 is 0 Å². The molecule has 0 unspecified atom stereocenters. The summed E-state index contributed by atoms with van der Waals surface area (Å²) >= 11 is 0. The minimum Gasteiger partial charge on any atom is -0.345 e. The summed E-state index contributed by atoms with van der Waals surface area (Å²) in [5.74, 6) is -0.376. The summed E-state index contributed by atoms with van der Waals surface area (Å²) in [6.45, 7) is 2.00. The Labute approximate surface area is 154 Å². The Morgan fingerprint density at radius 1 is 1.11 bits per heavy atom. The molecule has 27 heavy (non-hydrogen) atoms. The lowest BCUT2D eigenvalue weighted by molar-refractivity contribution is -0.0429. The average Bonchev–Trinajstić information content (AvgIpc) is 2.96. The van der Waals surface area contributed by atoms with E-state index in [1.54, 1.807) is 0 Å². The van der Waals surface area contributed by atoms with E-state index in [9.17, 15) is 26.4 Å². The molecular weight excluding hydrogens is 381 g/mol. The predicted molar refractivity (Wildman–Crippen MR) is 94.7 cm³/mol. The summed E-state index contributed by atoms with van der Waals surface area (Å²) in [5.41, 5.74) is -2.05. The number of carbonyl (C=O) groups is 1. The van der Waals surface area contributed by atoms with Crippen molar-refractivity contribution in [1.82, 2.24) is 5.32 Å². The average molecular weight is 398 g/mol. The number of rotatable bonds is 4. The van der Waals surface area contributed by atoms with E-state index >= 15 is 0 Å². The van der Waals surface area contributed by atoms with Crippen LogP contribution < -0.4 is 10.0 Å². The molecule has 0 saturated heterocycles. The number of amides is 1. The Bertz CT molecular complexity index is 970. The first kappa shape index (κ1) is 19.2. The van der Waals surface area contributed by atoms with Gasteiger partial charge in [-0.2, -0.15) is 21.6 Å². The maximum atomic E-state index is 12.4. The van der Waals surface area contributed by atoms with E-state index in [0.29, 0.717) is 0 Å². The molecule has 0 fully saturated rings. The topological polar surface area (TPSA) is 75.3 Å². The first-order chi connectivity index (χ1) is 12.6. The third-order valence-electron chi connectivity index (χ3n) is 4.39. The van der Waals surface area contributed by atoms with E-state index in [2.05, 4.69) is 11.4 Å². The van der Waals surface area contributed by atoms with Gasteiger partial charge in [0.15, 0.2) is 0 Å². The van der Waals surface area contributed by atoms with Gasteiger partial charge < -0.3 is 5.32 Å².